The van der Waals surface area contributed by atoms with Gasteiger partial charge >= 0.3 is 0 Å². The van der Waals surface area contributed by atoms with E-state index in [1.165, 1.54) is 12.4 Å². The van der Waals surface area contributed by atoms with Crippen molar-refractivity contribution in [3.8, 4) is 0 Å². The number of aliphatic hydroxyl groups is 1. The Balaban J connectivity index is 2.11. The van der Waals surface area contributed by atoms with Gasteiger partial charge in [0.1, 0.15) is 5.69 Å². The molecule has 0 radical (unpaired) electrons. The lowest BCUT2D eigenvalue weighted by Crippen LogP contribution is -2.20. The van der Waals surface area contributed by atoms with Crippen LogP contribution in [0.5, 0.6) is 0 Å². The fourth-order valence-electron chi connectivity index (χ4n) is 3.83. The summed E-state index contributed by atoms with van der Waals surface area (Å²) in [6.07, 6.45) is 11.9. The molecular weight excluding hydrogens is 464 g/mol. The van der Waals surface area contributed by atoms with Gasteiger partial charge in [-0.25, -0.2) is 0 Å². The SMILES string of the molecule is CNC(=O)c1cc(C(/C=C(\C=C\N)c2cc(C(=N)/C=C(\C=N)C3CC3)ccc2C)=N[C@H](C)CO)ccn1. The molecule has 0 bridgehead atoms. The summed E-state index contributed by atoms with van der Waals surface area (Å²) in [6, 6.07) is 8.83. The van der Waals surface area contributed by atoms with Crippen LogP contribution in [0, 0.1) is 23.7 Å². The fraction of sp³-hybridized carbons (Fsp3) is 0.276. The van der Waals surface area contributed by atoms with Crippen LogP contribution in [0.1, 0.15) is 52.5 Å². The van der Waals surface area contributed by atoms with Crippen LogP contribution in [0.2, 0.25) is 0 Å². The maximum Gasteiger partial charge on any atom is 0.269 e. The lowest BCUT2D eigenvalue weighted by molar-refractivity contribution is 0.0958. The van der Waals surface area contributed by atoms with Crippen LogP contribution in [-0.2, 0) is 0 Å². The van der Waals surface area contributed by atoms with Gasteiger partial charge in [0.2, 0.25) is 0 Å². The van der Waals surface area contributed by atoms with Gasteiger partial charge in [-0.3, -0.25) is 14.8 Å². The van der Waals surface area contributed by atoms with Crippen LogP contribution in [0.15, 0.2) is 71.5 Å². The Morgan fingerprint density at radius 2 is 2.03 bits per heavy atom. The number of nitrogens with two attached hydrogens (primary N) is 1. The molecule has 8 nitrogen and oxygen atoms in total. The summed E-state index contributed by atoms with van der Waals surface area (Å²) in [5.41, 5.74) is 11.9. The van der Waals surface area contributed by atoms with Crippen molar-refractivity contribution in [3.05, 3.63) is 94.5 Å². The first-order chi connectivity index (χ1) is 17.8. The maximum absolute atomic E-state index is 12.2. The van der Waals surface area contributed by atoms with Gasteiger partial charge in [0.05, 0.1) is 24.1 Å². The average molecular weight is 499 g/mol. The van der Waals surface area contributed by atoms with Crippen molar-refractivity contribution in [2.45, 2.75) is 32.7 Å². The van der Waals surface area contributed by atoms with Gasteiger partial charge in [-0.15, -0.1) is 0 Å². The Morgan fingerprint density at radius 3 is 2.65 bits per heavy atom. The van der Waals surface area contributed by atoms with Crippen LogP contribution < -0.4 is 11.1 Å². The number of nitrogens with zero attached hydrogens (tertiary/aromatic N) is 2. The second-order valence-electron chi connectivity index (χ2n) is 9.02. The minimum absolute atomic E-state index is 0.138. The summed E-state index contributed by atoms with van der Waals surface area (Å²) < 4.78 is 0. The summed E-state index contributed by atoms with van der Waals surface area (Å²) in [6.45, 7) is 3.64. The number of carbonyl (C=O) groups excluding carboxylic acids is 1. The normalized spacial score (nSPS) is 15.5. The van der Waals surface area contributed by atoms with E-state index in [0.29, 0.717) is 22.9 Å². The van der Waals surface area contributed by atoms with Crippen LogP contribution in [0.25, 0.3) is 5.57 Å². The minimum Gasteiger partial charge on any atom is -0.405 e. The van der Waals surface area contributed by atoms with E-state index in [-0.39, 0.29) is 24.2 Å². The number of hydrogen-bond donors (Lipinski definition) is 5. The number of hydrogen-bond acceptors (Lipinski definition) is 7. The van der Waals surface area contributed by atoms with E-state index in [1.807, 2.05) is 31.2 Å². The van der Waals surface area contributed by atoms with Crippen molar-refractivity contribution in [3.63, 3.8) is 0 Å². The zero-order chi connectivity index (χ0) is 26.9. The second kappa shape index (κ2) is 12.7. The van der Waals surface area contributed by atoms with E-state index in [9.17, 15) is 9.90 Å². The number of nitrogens with one attached hydrogen (secondary N) is 3. The molecule has 0 spiro atoms. The van der Waals surface area contributed by atoms with Crippen LogP contribution >= 0.6 is 0 Å². The molecule has 1 fully saturated rings. The van der Waals surface area contributed by atoms with E-state index >= 15 is 0 Å². The molecule has 1 aromatic heterocycles. The number of pyridine rings is 1. The van der Waals surface area contributed by atoms with Crippen molar-refractivity contribution in [1.29, 1.82) is 10.8 Å². The quantitative estimate of drug-likeness (QED) is 0.236. The van der Waals surface area contributed by atoms with E-state index in [1.54, 1.807) is 44.5 Å². The zero-order valence-electron chi connectivity index (χ0n) is 21.5. The molecule has 6 N–H and O–H groups in total. The average Bonchev–Trinajstić information content (AvgIpc) is 3.76. The molecule has 0 aliphatic heterocycles. The molecule has 1 heterocycles. The van der Waals surface area contributed by atoms with Gasteiger partial charge in [-0.1, -0.05) is 12.1 Å². The minimum atomic E-state index is -0.376. The predicted octanol–water partition coefficient (Wildman–Crippen LogP) is 3.83. The highest BCUT2D eigenvalue weighted by Gasteiger charge is 2.25. The third-order valence-electron chi connectivity index (χ3n) is 6.09. The first-order valence-electron chi connectivity index (χ1n) is 12.2. The summed E-state index contributed by atoms with van der Waals surface area (Å²) in [5, 5.41) is 28.6. The number of rotatable bonds is 11. The molecule has 1 amide bonds. The van der Waals surface area contributed by atoms with Crippen molar-refractivity contribution in [2.75, 3.05) is 13.7 Å². The summed E-state index contributed by atoms with van der Waals surface area (Å²) in [7, 11) is 1.54. The molecule has 8 heteroatoms. The van der Waals surface area contributed by atoms with Crippen LogP contribution in [0.4, 0.5) is 0 Å². The number of aryl methyl sites for hydroxylation is 1. The van der Waals surface area contributed by atoms with Crippen molar-refractivity contribution in [2.24, 2.45) is 16.6 Å². The maximum atomic E-state index is 12.2. The molecule has 192 valence electrons. The third kappa shape index (κ3) is 7.17. The number of allylic oxidation sites excluding steroid dienone is 5. The lowest BCUT2D eigenvalue weighted by atomic mass is 9.93. The molecule has 3 rings (SSSR count). The van der Waals surface area contributed by atoms with Crippen molar-refractivity contribution < 1.29 is 9.90 Å². The highest BCUT2D eigenvalue weighted by Crippen LogP contribution is 2.35. The Hall–Kier alpha value is -4.17. The highest BCUT2D eigenvalue weighted by atomic mass is 16.3. The Bertz CT molecular complexity index is 1300. The molecule has 1 atom stereocenters. The van der Waals surface area contributed by atoms with E-state index in [2.05, 4.69) is 15.3 Å². The molecule has 1 aliphatic rings. The van der Waals surface area contributed by atoms with Crippen LogP contribution in [-0.4, -0.2) is 53.3 Å². The zero-order valence-corrected chi connectivity index (χ0v) is 21.5. The monoisotopic (exact) mass is 498 g/mol. The second-order valence-corrected chi connectivity index (χ2v) is 9.02. The fourth-order valence-corrected chi connectivity index (χ4v) is 3.83. The molecule has 0 saturated heterocycles. The van der Waals surface area contributed by atoms with Crippen molar-refractivity contribution in [1.82, 2.24) is 10.3 Å². The molecule has 1 aromatic carbocycles. The van der Waals surface area contributed by atoms with Gasteiger partial charge in [0.25, 0.3) is 5.91 Å². The van der Waals surface area contributed by atoms with Gasteiger partial charge in [-0.2, -0.15) is 0 Å². The molecule has 1 aliphatic carbocycles. The van der Waals surface area contributed by atoms with Gasteiger partial charge in [-0.05, 0) is 97.5 Å². The first kappa shape index (κ1) is 27.4. The topological polar surface area (TPSA) is 148 Å². The molecule has 0 unspecified atom stereocenters. The number of aliphatic imine (C=N–C) groups is 1. The molecule has 2 aromatic rings. The number of carbonyl (C=O) groups is 1. The van der Waals surface area contributed by atoms with Crippen LogP contribution in [0.3, 0.4) is 0 Å². The van der Waals surface area contributed by atoms with Gasteiger partial charge in [0, 0.05) is 30.6 Å². The largest absolute Gasteiger partial charge is 0.405 e. The molecule has 1 saturated carbocycles. The molecule has 37 heavy (non-hydrogen) atoms. The summed E-state index contributed by atoms with van der Waals surface area (Å²) >= 11 is 0. The van der Waals surface area contributed by atoms with Gasteiger partial charge < -0.3 is 27.0 Å². The third-order valence-corrected chi connectivity index (χ3v) is 6.09. The summed E-state index contributed by atoms with van der Waals surface area (Å²) in [4.78, 5) is 21.0. The highest BCUT2D eigenvalue weighted by molar-refractivity contribution is 6.14. The van der Waals surface area contributed by atoms with E-state index in [4.69, 9.17) is 16.6 Å². The Labute approximate surface area is 217 Å². The Morgan fingerprint density at radius 1 is 1.27 bits per heavy atom. The Kier molecular flexibility index (Phi) is 9.40. The predicted molar refractivity (Wildman–Crippen MR) is 150 cm³/mol. The van der Waals surface area contributed by atoms with Gasteiger partial charge in [0.15, 0.2) is 0 Å². The standard InChI is InChI=1S/C29H34N6O2/c1-18-4-5-22(26(32)13-24(16-31)20-6-7-20)12-25(18)21(8-10-30)14-27(35-19(2)17-36)23-9-11-34-28(15-23)29(37)33-3/h4-5,8-16,19-20,31-32,36H,6-7,17,30H2,1-3H3,(H,33,37)/b10-8+,21-14+,24-13+,31-16?,32-26?,35-27?/t19-/m1/s1. The first-order valence-corrected chi connectivity index (χ1v) is 12.2. The summed E-state index contributed by atoms with van der Waals surface area (Å²) in [5.74, 6) is 0.0683. The number of aromatic nitrogens is 1. The molecular formula is C29H34N6O2. The van der Waals surface area contributed by atoms with Crippen molar-refractivity contribution >= 4 is 29.1 Å². The van der Waals surface area contributed by atoms with E-state index in [0.717, 1.165) is 40.7 Å². The smallest absolute Gasteiger partial charge is 0.269 e. The number of amides is 1. The lowest BCUT2D eigenvalue weighted by Gasteiger charge is -2.13. The number of benzene rings is 1. The van der Waals surface area contributed by atoms with E-state index < -0.39 is 0 Å². The number of aliphatic hydroxyl groups excluding tert-OH is 1.